The van der Waals surface area contributed by atoms with Crippen LogP contribution in [-0.2, 0) is 5.54 Å². The van der Waals surface area contributed by atoms with Crippen LogP contribution in [0.15, 0.2) is 17.6 Å². The van der Waals surface area contributed by atoms with Gasteiger partial charge >= 0.3 is 0 Å². The van der Waals surface area contributed by atoms with Gasteiger partial charge in [-0.15, -0.1) is 11.3 Å². The molecule has 2 N–H and O–H groups in total. The molecule has 0 spiro atoms. The lowest BCUT2D eigenvalue weighted by molar-refractivity contribution is 0.600. The smallest absolute Gasteiger partial charge is 0.136 e. The maximum absolute atomic E-state index is 4.69. The summed E-state index contributed by atoms with van der Waals surface area (Å²) in [6.45, 7) is 7.18. The zero-order valence-corrected chi connectivity index (χ0v) is 13.5. The molecule has 1 aliphatic carbocycles. The molecule has 0 saturated heterocycles. The van der Waals surface area contributed by atoms with Gasteiger partial charge in [0.1, 0.15) is 22.5 Å². The van der Waals surface area contributed by atoms with E-state index in [2.05, 4.69) is 46.4 Å². The van der Waals surface area contributed by atoms with Crippen LogP contribution in [-0.4, -0.2) is 21.5 Å². The lowest BCUT2D eigenvalue weighted by Crippen LogP contribution is -2.28. The summed E-state index contributed by atoms with van der Waals surface area (Å²) in [5.74, 6) is 3.24. The van der Waals surface area contributed by atoms with Crippen LogP contribution in [0.1, 0.15) is 50.4 Å². The van der Waals surface area contributed by atoms with Crippen LogP contribution in [0.4, 0.5) is 11.6 Å². The molecule has 2 heterocycles. The SMILES string of the molecule is CCNc1cc(NC(C)(C)c2nccs2)nc(C2CC2)n1. The Balaban J connectivity index is 1.86. The van der Waals surface area contributed by atoms with Crippen molar-refractivity contribution in [1.82, 2.24) is 15.0 Å². The Kier molecular flexibility index (Phi) is 3.80. The second-order valence-electron chi connectivity index (χ2n) is 5.89. The minimum atomic E-state index is -0.243. The van der Waals surface area contributed by atoms with Crippen molar-refractivity contribution in [2.24, 2.45) is 0 Å². The first-order valence-electron chi connectivity index (χ1n) is 7.39. The Morgan fingerprint density at radius 1 is 1.29 bits per heavy atom. The van der Waals surface area contributed by atoms with Gasteiger partial charge in [0.05, 0.1) is 5.54 Å². The van der Waals surface area contributed by atoms with E-state index in [1.165, 1.54) is 12.8 Å². The molecule has 0 radical (unpaired) electrons. The monoisotopic (exact) mass is 303 g/mol. The molecule has 1 aliphatic rings. The first-order valence-corrected chi connectivity index (χ1v) is 8.27. The van der Waals surface area contributed by atoms with Crippen molar-refractivity contribution >= 4 is 23.0 Å². The summed E-state index contributed by atoms with van der Waals surface area (Å²) in [5.41, 5.74) is -0.243. The summed E-state index contributed by atoms with van der Waals surface area (Å²) in [6, 6.07) is 1.98. The molecule has 0 unspecified atom stereocenters. The van der Waals surface area contributed by atoms with Crippen molar-refractivity contribution in [1.29, 1.82) is 0 Å². The largest absolute Gasteiger partial charge is 0.370 e. The van der Waals surface area contributed by atoms with Gasteiger partial charge in [0, 0.05) is 30.1 Å². The number of nitrogens with one attached hydrogen (secondary N) is 2. The average Bonchev–Trinajstić information content (AvgIpc) is 3.12. The molecule has 0 aliphatic heterocycles. The van der Waals surface area contributed by atoms with Crippen LogP contribution < -0.4 is 10.6 Å². The average molecular weight is 303 g/mol. The van der Waals surface area contributed by atoms with E-state index >= 15 is 0 Å². The number of anilines is 2. The topological polar surface area (TPSA) is 62.7 Å². The molecule has 0 aromatic carbocycles. The highest BCUT2D eigenvalue weighted by Crippen LogP contribution is 2.39. The highest BCUT2D eigenvalue weighted by atomic mass is 32.1. The summed E-state index contributed by atoms with van der Waals surface area (Å²) < 4.78 is 0. The second kappa shape index (κ2) is 5.60. The highest BCUT2D eigenvalue weighted by Gasteiger charge is 2.29. The van der Waals surface area contributed by atoms with E-state index in [9.17, 15) is 0 Å². The Hall–Kier alpha value is -1.69. The maximum Gasteiger partial charge on any atom is 0.136 e. The fraction of sp³-hybridized carbons (Fsp3) is 0.533. The first kappa shape index (κ1) is 14.3. The van der Waals surface area contributed by atoms with Crippen LogP contribution in [0.2, 0.25) is 0 Å². The van der Waals surface area contributed by atoms with Gasteiger partial charge in [-0.25, -0.2) is 15.0 Å². The molecule has 6 heteroatoms. The molecule has 0 atom stereocenters. The highest BCUT2D eigenvalue weighted by molar-refractivity contribution is 7.09. The minimum absolute atomic E-state index is 0.243. The lowest BCUT2D eigenvalue weighted by atomic mass is 10.1. The van der Waals surface area contributed by atoms with Crippen LogP contribution in [0, 0.1) is 0 Å². The number of rotatable bonds is 6. The van der Waals surface area contributed by atoms with Gasteiger partial charge in [-0.2, -0.15) is 0 Å². The van der Waals surface area contributed by atoms with Crippen molar-refractivity contribution in [3.8, 4) is 0 Å². The summed E-state index contributed by atoms with van der Waals surface area (Å²) in [5, 5.41) is 9.84. The third-order valence-electron chi connectivity index (χ3n) is 3.45. The Morgan fingerprint density at radius 2 is 2.05 bits per heavy atom. The molecule has 0 bridgehead atoms. The minimum Gasteiger partial charge on any atom is -0.370 e. The zero-order chi connectivity index (χ0) is 14.9. The molecule has 3 rings (SSSR count). The van der Waals surface area contributed by atoms with E-state index in [-0.39, 0.29) is 5.54 Å². The van der Waals surface area contributed by atoms with Crippen LogP contribution in [0.5, 0.6) is 0 Å². The van der Waals surface area contributed by atoms with Crippen LogP contribution in [0.3, 0.4) is 0 Å². The van der Waals surface area contributed by atoms with E-state index in [1.807, 2.05) is 17.6 Å². The van der Waals surface area contributed by atoms with Crippen molar-refractivity contribution in [3.05, 3.63) is 28.5 Å². The van der Waals surface area contributed by atoms with Crippen molar-refractivity contribution in [3.63, 3.8) is 0 Å². The number of aromatic nitrogens is 3. The zero-order valence-electron chi connectivity index (χ0n) is 12.7. The summed E-state index contributed by atoms with van der Waals surface area (Å²) in [6.07, 6.45) is 4.24. The predicted molar refractivity (Wildman–Crippen MR) is 86.9 cm³/mol. The standard InChI is InChI=1S/C15H21N5S/c1-4-16-11-9-12(19-13(18-11)10-5-6-10)20-15(2,3)14-17-7-8-21-14/h7-10H,4-6H2,1-3H3,(H2,16,18,19,20). The Bertz CT molecular complexity index is 605. The van der Waals surface area contributed by atoms with E-state index < -0.39 is 0 Å². The molecule has 112 valence electrons. The molecular weight excluding hydrogens is 282 g/mol. The number of hydrogen-bond acceptors (Lipinski definition) is 6. The molecular formula is C15H21N5S. The van der Waals surface area contributed by atoms with Gasteiger partial charge in [-0.05, 0) is 33.6 Å². The summed E-state index contributed by atoms with van der Waals surface area (Å²) in [4.78, 5) is 13.7. The maximum atomic E-state index is 4.69. The number of hydrogen-bond donors (Lipinski definition) is 2. The van der Waals surface area contributed by atoms with Gasteiger partial charge in [-0.3, -0.25) is 0 Å². The van der Waals surface area contributed by atoms with Gasteiger partial charge in [0.25, 0.3) is 0 Å². The van der Waals surface area contributed by atoms with Crippen molar-refractivity contribution in [2.45, 2.75) is 45.1 Å². The third-order valence-corrected chi connectivity index (χ3v) is 4.55. The first-order chi connectivity index (χ1) is 10.1. The van der Waals surface area contributed by atoms with Gasteiger partial charge in [0.15, 0.2) is 0 Å². The fourth-order valence-corrected chi connectivity index (χ4v) is 2.95. The molecule has 0 amide bonds. The molecule has 2 aromatic heterocycles. The van der Waals surface area contributed by atoms with Crippen molar-refractivity contribution in [2.75, 3.05) is 17.2 Å². The number of thiazole rings is 1. The van der Waals surface area contributed by atoms with Gasteiger partial charge in [0.2, 0.25) is 0 Å². The Morgan fingerprint density at radius 3 is 2.67 bits per heavy atom. The lowest BCUT2D eigenvalue weighted by Gasteiger charge is -2.25. The van der Waals surface area contributed by atoms with E-state index in [0.29, 0.717) is 5.92 Å². The number of nitrogens with zero attached hydrogens (tertiary/aromatic N) is 3. The normalized spacial score (nSPS) is 15.0. The van der Waals surface area contributed by atoms with Crippen LogP contribution in [0.25, 0.3) is 0 Å². The van der Waals surface area contributed by atoms with Crippen molar-refractivity contribution < 1.29 is 0 Å². The second-order valence-corrected chi connectivity index (χ2v) is 6.78. The third kappa shape index (κ3) is 3.32. The fourth-order valence-electron chi connectivity index (χ4n) is 2.23. The van der Waals surface area contributed by atoms with Gasteiger partial charge < -0.3 is 10.6 Å². The predicted octanol–water partition coefficient (Wildman–Crippen LogP) is 3.59. The van der Waals surface area contributed by atoms with E-state index in [0.717, 1.165) is 29.0 Å². The van der Waals surface area contributed by atoms with Gasteiger partial charge in [-0.1, -0.05) is 0 Å². The molecule has 21 heavy (non-hydrogen) atoms. The Labute approximate surface area is 129 Å². The quantitative estimate of drug-likeness (QED) is 0.854. The molecule has 1 fully saturated rings. The summed E-state index contributed by atoms with van der Waals surface area (Å²) in [7, 11) is 0. The summed E-state index contributed by atoms with van der Waals surface area (Å²) >= 11 is 1.65. The van der Waals surface area contributed by atoms with E-state index in [1.54, 1.807) is 11.3 Å². The molecule has 2 aromatic rings. The van der Waals surface area contributed by atoms with Crippen LogP contribution >= 0.6 is 11.3 Å². The molecule has 5 nitrogen and oxygen atoms in total. The molecule has 1 saturated carbocycles. The van der Waals surface area contributed by atoms with E-state index in [4.69, 9.17) is 0 Å².